The largest absolute Gasteiger partial charge is 0.393 e. The third-order valence-corrected chi connectivity index (χ3v) is 3.83. The lowest BCUT2D eigenvalue weighted by Crippen LogP contribution is -2.46. The summed E-state index contributed by atoms with van der Waals surface area (Å²) in [4.78, 5) is 12.2. The highest BCUT2D eigenvalue weighted by Gasteiger charge is 2.43. The van der Waals surface area contributed by atoms with E-state index in [0.29, 0.717) is 12.5 Å². The van der Waals surface area contributed by atoms with Crippen molar-refractivity contribution < 1.29 is 9.90 Å². The van der Waals surface area contributed by atoms with Gasteiger partial charge in [0.25, 0.3) is 0 Å². The van der Waals surface area contributed by atoms with Gasteiger partial charge in [0, 0.05) is 13.1 Å². The van der Waals surface area contributed by atoms with Crippen LogP contribution in [0.5, 0.6) is 0 Å². The molecule has 2 atom stereocenters. The van der Waals surface area contributed by atoms with E-state index in [1.807, 2.05) is 0 Å². The van der Waals surface area contributed by atoms with E-state index in [9.17, 15) is 4.79 Å². The van der Waals surface area contributed by atoms with Gasteiger partial charge < -0.3 is 15.7 Å². The highest BCUT2D eigenvalue weighted by molar-refractivity contribution is 5.83. The third-order valence-electron chi connectivity index (χ3n) is 3.83. The minimum atomic E-state index is -0.279. The second kappa shape index (κ2) is 6.36. The van der Waals surface area contributed by atoms with E-state index >= 15 is 0 Å². The molecule has 17 heavy (non-hydrogen) atoms. The highest BCUT2D eigenvalue weighted by Crippen LogP contribution is 2.34. The molecule has 1 amide bonds. The van der Waals surface area contributed by atoms with E-state index < -0.39 is 0 Å². The molecule has 4 nitrogen and oxygen atoms in total. The van der Waals surface area contributed by atoms with Crippen molar-refractivity contribution in [2.24, 2.45) is 11.3 Å². The molecule has 0 aromatic heterocycles. The Kier molecular flexibility index (Phi) is 5.40. The lowest BCUT2D eigenvalue weighted by atomic mass is 9.75. The van der Waals surface area contributed by atoms with Crippen molar-refractivity contribution in [3.8, 4) is 0 Å². The summed E-state index contributed by atoms with van der Waals surface area (Å²) in [5.74, 6) is 0.525. The summed E-state index contributed by atoms with van der Waals surface area (Å²) < 4.78 is 0. The van der Waals surface area contributed by atoms with Crippen molar-refractivity contribution in [1.29, 1.82) is 0 Å². The van der Waals surface area contributed by atoms with E-state index in [0.717, 1.165) is 32.4 Å². The first-order valence-electron chi connectivity index (χ1n) is 6.66. The molecular formula is C13H26N2O2. The second-order valence-corrected chi connectivity index (χ2v) is 5.48. The molecule has 0 aromatic rings. The van der Waals surface area contributed by atoms with Crippen molar-refractivity contribution in [1.82, 2.24) is 10.6 Å². The van der Waals surface area contributed by atoms with Gasteiger partial charge in [-0.05, 0) is 38.6 Å². The van der Waals surface area contributed by atoms with Crippen molar-refractivity contribution in [2.45, 2.75) is 46.1 Å². The lowest BCUT2D eigenvalue weighted by molar-refractivity contribution is -0.132. The predicted octanol–water partition coefficient (Wildman–Crippen LogP) is 0.899. The Morgan fingerprint density at radius 1 is 1.47 bits per heavy atom. The van der Waals surface area contributed by atoms with Gasteiger partial charge in [0.2, 0.25) is 5.91 Å². The van der Waals surface area contributed by atoms with Gasteiger partial charge in [-0.2, -0.15) is 0 Å². The molecule has 1 rings (SSSR count). The molecule has 4 heteroatoms. The molecule has 1 fully saturated rings. The monoisotopic (exact) mass is 242 g/mol. The molecule has 3 N–H and O–H groups in total. The Morgan fingerprint density at radius 3 is 2.65 bits per heavy atom. The molecule has 2 unspecified atom stereocenters. The van der Waals surface area contributed by atoms with Crippen molar-refractivity contribution >= 4 is 5.91 Å². The Hall–Kier alpha value is -0.610. The summed E-state index contributed by atoms with van der Waals surface area (Å²) in [7, 11) is 0. The normalized spacial score (nSPS) is 26.2. The van der Waals surface area contributed by atoms with Gasteiger partial charge in [-0.15, -0.1) is 0 Å². The first-order chi connectivity index (χ1) is 7.99. The number of nitrogens with one attached hydrogen (secondary N) is 2. The first-order valence-corrected chi connectivity index (χ1v) is 6.66. The number of amides is 1. The highest BCUT2D eigenvalue weighted by atomic mass is 16.3. The van der Waals surface area contributed by atoms with Crippen LogP contribution in [0.2, 0.25) is 0 Å². The maximum Gasteiger partial charge on any atom is 0.227 e. The zero-order valence-corrected chi connectivity index (χ0v) is 11.3. The van der Waals surface area contributed by atoms with Crippen LogP contribution < -0.4 is 10.6 Å². The summed E-state index contributed by atoms with van der Waals surface area (Å²) in [6.45, 7) is 8.38. The Balaban J connectivity index is 2.39. The van der Waals surface area contributed by atoms with Crippen LogP contribution in [0.15, 0.2) is 0 Å². The molecule has 0 aromatic carbocycles. The van der Waals surface area contributed by atoms with Crippen molar-refractivity contribution in [2.75, 3.05) is 19.6 Å². The van der Waals surface area contributed by atoms with Crippen LogP contribution in [0.25, 0.3) is 0 Å². The van der Waals surface area contributed by atoms with Crippen LogP contribution in [-0.2, 0) is 4.79 Å². The SMILES string of the molecule is CC(O)CCCNC(=O)C1(C(C)C)CCNC1. The second-order valence-electron chi connectivity index (χ2n) is 5.48. The van der Waals surface area contributed by atoms with Crippen LogP contribution in [-0.4, -0.2) is 36.8 Å². The van der Waals surface area contributed by atoms with Gasteiger partial charge in [-0.25, -0.2) is 0 Å². The maximum absolute atomic E-state index is 12.2. The first kappa shape index (κ1) is 14.5. The number of hydrogen-bond acceptors (Lipinski definition) is 3. The summed E-state index contributed by atoms with van der Waals surface area (Å²) >= 11 is 0. The van der Waals surface area contributed by atoms with Crippen LogP contribution in [0.1, 0.15) is 40.0 Å². The summed E-state index contributed by atoms with van der Waals surface area (Å²) in [6, 6.07) is 0. The van der Waals surface area contributed by atoms with Gasteiger partial charge in [0.15, 0.2) is 0 Å². The topological polar surface area (TPSA) is 61.4 Å². The van der Waals surface area contributed by atoms with E-state index in [4.69, 9.17) is 5.11 Å². The molecule has 1 heterocycles. The average molecular weight is 242 g/mol. The van der Waals surface area contributed by atoms with Gasteiger partial charge in [-0.3, -0.25) is 4.79 Å². The third kappa shape index (κ3) is 3.68. The van der Waals surface area contributed by atoms with E-state index in [1.165, 1.54) is 0 Å². The minimum absolute atomic E-state index is 0.170. The van der Waals surface area contributed by atoms with Crippen LogP contribution >= 0.6 is 0 Å². The molecule has 0 bridgehead atoms. The zero-order valence-electron chi connectivity index (χ0n) is 11.3. The van der Waals surface area contributed by atoms with E-state index in [-0.39, 0.29) is 17.4 Å². The summed E-state index contributed by atoms with van der Waals surface area (Å²) in [5.41, 5.74) is -0.231. The Labute approximate surface area is 104 Å². The van der Waals surface area contributed by atoms with Crippen LogP contribution in [0, 0.1) is 11.3 Å². The Bertz CT molecular complexity index is 246. The number of carbonyl (C=O) groups excluding carboxylic acids is 1. The van der Waals surface area contributed by atoms with Crippen molar-refractivity contribution in [3.63, 3.8) is 0 Å². The van der Waals surface area contributed by atoms with Gasteiger partial charge >= 0.3 is 0 Å². The summed E-state index contributed by atoms with van der Waals surface area (Å²) in [5, 5.41) is 15.4. The fourth-order valence-electron chi connectivity index (χ4n) is 2.44. The number of carbonyl (C=O) groups is 1. The number of hydrogen-bond donors (Lipinski definition) is 3. The fraction of sp³-hybridized carbons (Fsp3) is 0.923. The molecule has 0 saturated carbocycles. The molecule has 0 aliphatic carbocycles. The lowest BCUT2D eigenvalue weighted by Gasteiger charge is -2.31. The fourth-order valence-corrected chi connectivity index (χ4v) is 2.44. The maximum atomic E-state index is 12.2. The predicted molar refractivity (Wildman–Crippen MR) is 68.7 cm³/mol. The van der Waals surface area contributed by atoms with Crippen molar-refractivity contribution in [3.05, 3.63) is 0 Å². The molecular weight excluding hydrogens is 216 g/mol. The van der Waals surface area contributed by atoms with E-state index in [2.05, 4.69) is 24.5 Å². The minimum Gasteiger partial charge on any atom is -0.393 e. The molecule has 1 saturated heterocycles. The van der Waals surface area contributed by atoms with Gasteiger partial charge in [-0.1, -0.05) is 13.8 Å². The van der Waals surface area contributed by atoms with Crippen LogP contribution in [0.3, 0.4) is 0 Å². The Morgan fingerprint density at radius 2 is 2.18 bits per heavy atom. The zero-order chi connectivity index (χ0) is 12.9. The van der Waals surface area contributed by atoms with Gasteiger partial charge in [0.1, 0.15) is 0 Å². The molecule has 100 valence electrons. The molecule has 1 aliphatic rings. The standard InChI is InChI=1S/C13H26N2O2/c1-10(2)13(6-8-14-9-13)12(17)15-7-4-5-11(3)16/h10-11,14,16H,4-9H2,1-3H3,(H,15,17). The summed E-state index contributed by atoms with van der Waals surface area (Å²) in [6.07, 6.45) is 2.23. The van der Waals surface area contributed by atoms with E-state index in [1.54, 1.807) is 6.92 Å². The quantitative estimate of drug-likeness (QED) is 0.606. The average Bonchev–Trinajstić information content (AvgIpc) is 2.74. The number of rotatable bonds is 6. The molecule has 0 radical (unpaired) electrons. The van der Waals surface area contributed by atoms with Crippen LogP contribution in [0.4, 0.5) is 0 Å². The molecule has 0 spiro atoms. The van der Waals surface area contributed by atoms with Gasteiger partial charge in [0.05, 0.1) is 11.5 Å². The number of aliphatic hydroxyl groups excluding tert-OH is 1. The smallest absolute Gasteiger partial charge is 0.227 e. The molecule has 1 aliphatic heterocycles. The number of aliphatic hydroxyl groups is 1.